The number of rotatable bonds is 3. The van der Waals surface area contributed by atoms with Gasteiger partial charge < -0.3 is 4.90 Å². The second-order valence-electron chi connectivity index (χ2n) is 5.23. The van der Waals surface area contributed by atoms with Crippen molar-refractivity contribution < 1.29 is 8.42 Å². The summed E-state index contributed by atoms with van der Waals surface area (Å²) < 4.78 is 25.7. The minimum absolute atomic E-state index is 0.307. The van der Waals surface area contributed by atoms with Crippen molar-refractivity contribution in [3.05, 3.63) is 15.5 Å². The van der Waals surface area contributed by atoms with Gasteiger partial charge in [-0.3, -0.25) is 0 Å². The number of hydrogen-bond acceptors (Lipinski definition) is 5. The first kappa shape index (κ1) is 15.9. The van der Waals surface area contributed by atoms with Crippen molar-refractivity contribution in [3.8, 4) is 0 Å². The van der Waals surface area contributed by atoms with Crippen LogP contribution in [0.3, 0.4) is 0 Å². The van der Waals surface area contributed by atoms with E-state index < -0.39 is 10.0 Å². The summed E-state index contributed by atoms with van der Waals surface area (Å²) >= 11 is 2.25. The number of piperidine rings is 1. The van der Waals surface area contributed by atoms with Gasteiger partial charge in [0, 0.05) is 39.3 Å². The Labute approximate surface area is 133 Å². The molecule has 20 heavy (non-hydrogen) atoms. The number of anilines is 1. The van der Waals surface area contributed by atoms with Crippen LogP contribution in [0.4, 0.5) is 5.95 Å². The molecule has 1 saturated heterocycles. The Hall–Kier alpha value is -0.480. The van der Waals surface area contributed by atoms with Crippen LogP contribution in [-0.4, -0.2) is 56.1 Å². The van der Waals surface area contributed by atoms with Gasteiger partial charge in [-0.25, -0.2) is 22.7 Å². The zero-order chi connectivity index (χ0) is 14.9. The standard InChI is InChI=1S/C12H19IN4O2S/c1-16(2)12-14-8-10(13)11(15-12)9-4-6-17(7-5-9)20(3,18)19/h8-9H,4-7H2,1-3H3. The van der Waals surface area contributed by atoms with E-state index in [1.807, 2.05) is 25.2 Å². The lowest BCUT2D eigenvalue weighted by Gasteiger charge is -2.30. The van der Waals surface area contributed by atoms with E-state index in [0.29, 0.717) is 25.0 Å². The molecule has 6 nitrogen and oxygen atoms in total. The molecule has 0 atom stereocenters. The molecule has 1 aliphatic rings. The fourth-order valence-corrected chi connectivity index (χ4v) is 3.91. The highest BCUT2D eigenvalue weighted by molar-refractivity contribution is 14.1. The Morgan fingerprint density at radius 3 is 2.45 bits per heavy atom. The lowest BCUT2D eigenvalue weighted by atomic mass is 9.94. The zero-order valence-corrected chi connectivity index (χ0v) is 14.8. The molecular formula is C12H19IN4O2S. The first-order valence-electron chi connectivity index (χ1n) is 6.44. The minimum atomic E-state index is -3.07. The normalized spacial score (nSPS) is 18.2. The molecule has 0 N–H and O–H groups in total. The molecule has 2 heterocycles. The summed E-state index contributed by atoms with van der Waals surface area (Å²) in [7, 11) is 0.757. The predicted octanol–water partition coefficient (Wildman–Crippen LogP) is 1.29. The fourth-order valence-electron chi connectivity index (χ4n) is 2.33. The molecule has 0 aliphatic carbocycles. The number of nitrogens with zero attached hydrogens (tertiary/aromatic N) is 4. The van der Waals surface area contributed by atoms with E-state index in [1.54, 1.807) is 4.31 Å². The van der Waals surface area contributed by atoms with Gasteiger partial charge in [-0.1, -0.05) is 0 Å². The van der Waals surface area contributed by atoms with E-state index in [4.69, 9.17) is 0 Å². The fraction of sp³-hybridized carbons (Fsp3) is 0.667. The smallest absolute Gasteiger partial charge is 0.225 e. The largest absolute Gasteiger partial charge is 0.347 e. The molecule has 1 fully saturated rings. The average Bonchev–Trinajstić information content (AvgIpc) is 2.38. The second-order valence-corrected chi connectivity index (χ2v) is 8.38. The summed E-state index contributed by atoms with van der Waals surface area (Å²) in [6.45, 7) is 1.14. The highest BCUT2D eigenvalue weighted by atomic mass is 127. The van der Waals surface area contributed by atoms with Gasteiger partial charge in [0.2, 0.25) is 16.0 Å². The first-order valence-corrected chi connectivity index (χ1v) is 9.36. The number of aromatic nitrogens is 2. The summed E-state index contributed by atoms with van der Waals surface area (Å²) in [6, 6.07) is 0. The Morgan fingerprint density at radius 1 is 1.35 bits per heavy atom. The van der Waals surface area contributed by atoms with Gasteiger partial charge in [0.25, 0.3) is 0 Å². The predicted molar refractivity (Wildman–Crippen MR) is 87.5 cm³/mol. The van der Waals surface area contributed by atoms with Gasteiger partial charge in [0.05, 0.1) is 15.5 Å². The van der Waals surface area contributed by atoms with Crippen molar-refractivity contribution in [2.75, 3.05) is 38.3 Å². The number of halogens is 1. The van der Waals surface area contributed by atoms with E-state index in [2.05, 4.69) is 32.6 Å². The van der Waals surface area contributed by atoms with E-state index in [9.17, 15) is 8.42 Å². The van der Waals surface area contributed by atoms with Gasteiger partial charge in [-0.2, -0.15) is 0 Å². The molecule has 1 aromatic heterocycles. The van der Waals surface area contributed by atoms with Crippen molar-refractivity contribution in [2.24, 2.45) is 0 Å². The minimum Gasteiger partial charge on any atom is -0.347 e. The summed E-state index contributed by atoms with van der Waals surface area (Å²) in [5.41, 5.74) is 1.04. The molecule has 0 radical (unpaired) electrons. The third kappa shape index (κ3) is 3.59. The molecular weight excluding hydrogens is 391 g/mol. The van der Waals surface area contributed by atoms with Crippen LogP contribution in [0.5, 0.6) is 0 Å². The van der Waals surface area contributed by atoms with Crippen molar-refractivity contribution in [3.63, 3.8) is 0 Å². The molecule has 0 amide bonds. The Balaban J connectivity index is 2.16. The number of sulfonamides is 1. The third-order valence-electron chi connectivity index (χ3n) is 3.47. The van der Waals surface area contributed by atoms with Crippen molar-refractivity contribution in [1.82, 2.24) is 14.3 Å². The maximum absolute atomic E-state index is 11.5. The highest BCUT2D eigenvalue weighted by Crippen LogP contribution is 2.31. The Bertz CT molecular complexity index is 583. The quantitative estimate of drug-likeness (QED) is 0.703. The summed E-state index contributed by atoms with van der Waals surface area (Å²) in [4.78, 5) is 10.8. The Kier molecular flexibility index (Phi) is 4.85. The molecule has 0 unspecified atom stereocenters. The van der Waals surface area contributed by atoms with Gasteiger partial charge in [0.15, 0.2) is 0 Å². The lowest BCUT2D eigenvalue weighted by molar-refractivity contribution is 0.318. The molecule has 1 aromatic rings. The number of hydrogen-bond donors (Lipinski definition) is 0. The first-order chi connectivity index (χ1) is 9.29. The van der Waals surface area contributed by atoms with Gasteiger partial charge in [-0.15, -0.1) is 0 Å². The van der Waals surface area contributed by atoms with Crippen LogP contribution in [0.25, 0.3) is 0 Å². The van der Waals surface area contributed by atoms with Gasteiger partial charge in [-0.05, 0) is 35.4 Å². The van der Waals surface area contributed by atoms with Crippen molar-refractivity contribution in [2.45, 2.75) is 18.8 Å². The lowest BCUT2D eigenvalue weighted by Crippen LogP contribution is -2.37. The SMILES string of the molecule is CN(C)c1ncc(I)c(C2CCN(S(C)(=O)=O)CC2)n1. The molecule has 0 aromatic carbocycles. The zero-order valence-electron chi connectivity index (χ0n) is 11.9. The van der Waals surface area contributed by atoms with E-state index in [1.165, 1.54) is 6.26 Å². The summed E-state index contributed by atoms with van der Waals surface area (Å²) in [6.07, 6.45) is 4.73. The van der Waals surface area contributed by atoms with Crippen LogP contribution in [0.15, 0.2) is 6.20 Å². The van der Waals surface area contributed by atoms with Crippen LogP contribution < -0.4 is 4.90 Å². The molecule has 1 aliphatic heterocycles. The van der Waals surface area contributed by atoms with E-state index in [0.717, 1.165) is 22.1 Å². The van der Waals surface area contributed by atoms with E-state index >= 15 is 0 Å². The third-order valence-corrected chi connectivity index (χ3v) is 5.60. The monoisotopic (exact) mass is 410 g/mol. The van der Waals surface area contributed by atoms with Gasteiger partial charge in [0.1, 0.15) is 0 Å². The second kappa shape index (κ2) is 6.10. The molecule has 2 rings (SSSR count). The van der Waals surface area contributed by atoms with Crippen LogP contribution in [0.1, 0.15) is 24.5 Å². The Morgan fingerprint density at radius 2 is 1.95 bits per heavy atom. The topological polar surface area (TPSA) is 66.4 Å². The maximum atomic E-state index is 11.5. The average molecular weight is 410 g/mol. The van der Waals surface area contributed by atoms with Crippen LogP contribution in [0, 0.1) is 3.57 Å². The molecule has 8 heteroatoms. The van der Waals surface area contributed by atoms with Gasteiger partial charge >= 0.3 is 0 Å². The molecule has 112 valence electrons. The van der Waals surface area contributed by atoms with Crippen LogP contribution in [0.2, 0.25) is 0 Å². The highest BCUT2D eigenvalue weighted by Gasteiger charge is 2.28. The van der Waals surface area contributed by atoms with E-state index in [-0.39, 0.29) is 0 Å². The summed E-state index contributed by atoms with van der Waals surface area (Å²) in [5, 5.41) is 0. The van der Waals surface area contributed by atoms with Crippen molar-refractivity contribution in [1.29, 1.82) is 0 Å². The maximum Gasteiger partial charge on any atom is 0.225 e. The van der Waals surface area contributed by atoms with Crippen molar-refractivity contribution >= 4 is 38.6 Å². The molecule has 0 saturated carbocycles. The summed E-state index contributed by atoms with van der Waals surface area (Å²) in [5.74, 6) is 1.01. The molecule has 0 spiro atoms. The van der Waals surface area contributed by atoms with Crippen LogP contribution >= 0.6 is 22.6 Å². The molecule has 0 bridgehead atoms. The van der Waals surface area contributed by atoms with Crippen LogP contribution in [-0.2, 0) is 10.0 Å².